The smallest absolute Gasteiger partial charge is 0.458 e. The number of nitrogens with two attached hydrogens (primary N) is 1. The van der Waals surface area contributed by atoms with Crippen LogP contribution in [0.5, 0.6) is 0 Å². The summed E-state index contributed by atoms with van der Waals surface area (Å²) in [6, 6.07) is 0. The third kappa shape index (κ3) is 25.5. The van der Waals surface area contributed by atoms with Gasteiger partial charge in [-0.25, -0.2) is 4.57 Å². The van der Waals surface area contributed by atoms with Crippen molar-refractivity contribution in [3.05, 3.63) is 24.3 Å². The topological polar surface area (TPSA) is 134 Å². The lowest BCUT2D eigenvalue weighted by molar-refractivity contribution is -0.152. The van der Waals surface area contributed by atoms with Gasteiger partial charge in [-0.2, -0.15) is 0 Å². The maximum Gasteiger partial charge on any atom is 0.472 e. The molecule has 0 radical (unpaired) electrons. The average Bonchev–Trinajstić information content (AvgIpc) is 3.71. The van der Waals surface area contributed by atoms with Crippen molar-refractivity contribution in [2.24, 2.45) is 11.7 Å². The Morgan fingerprint density at radius 2 is 0.979 bits per heavy atom. The number of hydrogen-bond acceptors (Lipinski definition) is 8. The first kappa shape index (κ1) is 44.5. The lowest BCUT2D eigenvalue weighted by atomic mass is 10.1. The normalized spacial score (nSPS) is 18.8. The molecule has 9 nitrogen and oxygen atoms in total. The van der Waals surface area contributed by atoms with Crippen molar-refractivity contribution in [3.8, 4) is 0 Å². The van der Waals surface area contributed by atoms with E-state index in [9.17, 15) is 19.0 Å². The second-order valence-corrected chi connectivity index (χ2v) is 14.7. The summed E-state index contributed by atoms with van der Waals surface area (Å²) in [4.78, 5) is 35.0. The van der Waals surface area contributed by atoms with Gasteiger partial charge in [-0.15, -0.1) is 0 Å². The summed E-state index contributed by atoms with van der Waals surface area (Å²) in [7, 11) is -4.30. The van der Waals surface area contributed by atoms with Gasteiger partial charge < -0.3 is 20.1 Å². The van der Waals surface area contributed by atoms with Gasteiger partial charge in [0.05, 0.1) is 19.1 Å². The number of carbonyl (C=O) groups excluding carboxylic acids is 2. The number of rotatable bonds is 34. The van der Waals surface area contributed by atoms with Crippen LogP contribution in [0.25, 0.3) is 0 Å². The molecule has 0 aliphatic heterocycles. The number of hydrogen-bond donors (Lipinski definition) is 2. The van der Waals surface area contributed by atoms with Crippen molar-refractivity contribution >= 4 is 19.8 Å². The minimum atomic E-state index is -4.30. The Bertz CT molecular complexity index is 855. The van der Waals surface area contributed by atoms with Gasteiger partial charge in [-0.05, 0) is 64.2 Å². The quantitative estimate of drug-likeness (QED) is 0.0291. The van der Waals surface area contributed by atoms with Crippen LogP contribution < -0.4 is 5.73 Å². The highest BCUT2D eigenvalue weighted by molar-refractivity contribution is 7.47. The van der Waals surface area contributed by atoms with E-state index < -0.39 is 25.9 Å². The summed E-state index contributed by atoms with van der Waals surface area (Å²) in [6.07, 6.45) is 33.4. The Labute approximate surface area is 292 Å². The van der Waals surface area contributed by atoms with Crippen LogP contribution in [0.3, 0.4) is 0 Å². The average molecular weight is 700 g/mol. The van der Waals surface area contributed by atoms with E-state index in [0.717, 1.165) is 77.0 Å². The Morgan fingerprint density at radius 3 is 1.38 bits per heavy atom. The predicted molar refractivity (Wildman–Crippen MR) is 194 cm³/mol. The van der Waals surface area contributed by atoms with Crippen LogP contribution in [0.15, 0.2) is 24.3 Å². The Balaban J connectivity index is 2.29. The largest absolute Gasteiger partial charge is 0.472 e. The molecule has 1 fully saturated rings. The monoisotopic (exact) mass is 699 g/mol. The zero-order valence-electron chi connectivity index (χ0n) is 30.5. The number of unbranched alkanes of at least 4 members (excludes halogenated alkanes) is 18. The highest BCUT2D eigenvalue weighted by Gasteiger charge is 2.57. The summed E-state index contributed by atoms with van der Waals surface area (Å²) < 4.78 is 33.2. The first-order valence-electron chi connectivity index (χ1n) is 19.4. The molecule has 0 heterocycles. The number of ether oxygens (including phenoxy) is 2. The van der Waals surface area contributed by atoms with Crippen molar-refractivity contribution in [1.82, 2.24) is 0 Å². The summed E-state index contributed by atoms with van der Waals surface area (Å²) in [5.41, 5.74) is 5.34. The van der Waals surface area contributed by atoms with Gasteiger partial charge >= 0.3 is 19.8 Å². The molecule has 280 valence electrons. The predicted octanol–water partition coefficient (Wildman–Crippen LogP) is 10.0. The SMILES string of the molecule is CCCCCC/C=C\CCCCCCCC(=O)O[C@@H]1C(COP(=O)(O)OCCN)[C@@H]1OC(=O)CCCCCCC/C=C\CCCCCC. The molecule has 2 unspecified atom stereocenters. The van der Waals surface area contributed by atoms with E-state index in [2.05, 4.69) is 38.2 Å². The lowest BCUT2D eigenvalue weighted by Gasteiger charge is -2.11. The van der Waals surface area contributed by atoms with Gasteiger partial charge in [-0.1, -0.05) is 115 Å². The Hall–Kier alpha value is -1.51. The van der Waals surface area contributed by atoms with Crippen LogP contribution in [-0.4, -0.2) is 48.8 Å². The van der Waals surface area contributed by atoms with E-state index in [0.29, 0.717) is 0 Å². The van der Waals surface area contributed by atoms with Crippen LogP contribution in [0.2, 0.25) is 0 Å². The van der Waals surface area contributed by atoms with Gasteiger partial charge in [-0.3, -0.25) is 18.6 Å². The minimum absolute atomic E-state index is 0.0737. The Morgan fingerprint density at radius 1 is 0.604 bits per heavy atom. The molecule has 48 heavy (non-hydrogen) atoms. The highest BCUT2D eigenvalue weighted by Crippen LogP contribution is 2.47. The van der Waals surface area contributed by atoms with E-state index in [-0.39, 0.29) is 44.5 Å². The molecule has 0 aromatic heterocycles. The van der Waals surface area contributed by atoms with Gasteiger partial charge in [0.15, 0.2) is 0 Å². The molecule has 10 heteroatoms. The highest BCUT2D eigenvalue weighted by atomic mass is 31.2. The van der Waals surface area contributed by atoms with Crippen LogP contribution in [0, 0.1) is 5.92 Å². The summed E-state index contributed by atoms with van der Waals surface area (Å²) in [5, 5.41) is 0. The molecule has 1 rings (SSSR count). The standard InChI is InChI=1S/C38H70NO8P/c1-3-5-7-9-11-13-15-17-19-21-23-25-27-29-35(40)46-37-34(33-45-48(42,43)44-32-31-39)38(37)47-36(41)30-28-26-24-22-20-18-16-14-12-10-8-6-4-2/h13-16,34,37-38H,3-12,17-33,39H2,1-2H3,(H,42,43)/b15-13-,16-14-/t34?,37-,38+. The zero-order chi connectivity index (χ0) is 35.1. The third-order valence-electron chi connectivity index (χ3n) is 8.65. The van der Waals surface area contributed by atoms with E-state index in [1.165, 1.54) is 64.2 Å². The summed E-state index contributed by atoms with van der Waals surface area (Å²) in [5.74, 6) is -1.22. The van der Waals surface area contributed by atoms with E-state index in [1.807, 2.05) is 0 Å². The van der Waals surface area contributed by atoms with Crippen LogP contribution in [0.1, 0.15) is 168 Å². The number of phosphoric acid groups is 1. The molecule has 1 saturated carbocycles. The third-order valence-corrected chi connectivity index (χ3v) is 9.63. The molecule has 3 N–H and O–H groups in total. The number of carbonyl (C=O) groups is 2. The molecule has 0 aromatic rings. The molecular formula is C38H70NO8P. The Kier molecular flexibility index (Phi) is 28.1. The fourth-order valence-corrected chi connectivity index (χ4v) is 6.36. The zero-order valence-corrected chi connectivity index (χ0v) is 31.4. The van der Waals surface area contributed by atoms with Crippen LogP contribution >= 0.6 is 7.82 Å². The number of phosphoric ester groups is 1. The van der Waals surface area contributed by atoms with Crippen molar-refractivity contribution in [1.29, 1.82) is 0 Å². The van der Waals surface area contributed by atoms with E-state index in [4.69, 9.17) is 24.3 Å². The summed E-state index contributed by atoms with van der Waals surface area (Å²) >= 11 is 0. The van der Waals surface area contributed by atoms with Gasteiger partial charge in [0, 0.05) is 19.4 Å². The van der Waals surface area contributed by atoms with E-state index in [1.54, 1.807) is 0 Å². The van der Waals surface area contributed by atoms with Gasteiger partial charge in [0.25, 0.3) is 0 Å². The molecular weight excluding hydrogens is 629 g/mol. The van der Waals surface area contributed by atoms with Crippen molar-refractivity contribution in [2.75, 3.05) is 19.8 Å². The maximum atomic E-state index is 12.6. The van der Waals surface area contributed by atoms with Crippen LogP contribution in [0.4, 0.5) is 0 Å². The molecule has 1 aliphatic rings. The molecule has 0 amide bonds. The molecule has 1 aliphatic carbocycles. The maximum absolute atomic E-state index is 12.6. The number of allylic oxidation sites excluding steroid dienone is 4. The lowest BCUT2D eigenvalue weighted by Crippen LogP contribution is -2.13. The minimum Gasteiger partial charge on any atom is -0.458 e. The van der Waals surface area contributed by atoms with Gasteiger partial charge in [0.2, 0.25) is 0 Å². The molecule has 4 atom stereocenters. The van der Waals surface area contributed by atoms with Crippen LogP contribution in [-0.2, 0) is 32.7 Å². The first-order valence-corrected chi connectivity index (χ1v) is 20.8. The molecule has 0 saturated heterocycles. The van der Waals surface area contributed by atoms with Crippen molar-refractivity contribution in [2.45, 2.75) is 180 Å². The molecule has 0 aromatic carbocycles. The second-order valence-electron chi connectivity index (χ2n) is 13.2. The second kappa shape index (κ2) is 30.3. The fourth-order valence-electron chi connectivity index (χ4n) is 5.59. The van der Waals surface area contributed by atoms with E-state index >= 15 is 0 Å². The molecule has 0 bridgehead atoms. The first-order chi connectivity index (χ1) is 23.3. The molecule has 0 spiro atoms. The summed E-state index contributed by atoms with van der Waals surface area (Å²) in [6.45, 7) is 4.18. The number of esters is 2. The van der Waals surface area contributed by atoms with Crippen molar-refractivity contribution in [3.63, 3.8) is 0 Å². The van der Waals surface area contributed by atoms with Gasteiger partial charge in [0.1, 0.15) is 12.2 Å². The fraction of sp³-hybridized carbons (Fsp3) is 0.842. The van der Waals surface area contributed by atoms with Crippen molar-refractivity contribution < 1.29 is 37.6 Å².